The van der Waals surface area contributed by atoms with Crippen molar-refractivity contribution in [3.8, 4) is 0 Å². The highest BCUT2D eigenvalue weighted by molar-refractivity contribution is 5.51. The van der Waals surface area contributed by atoms with Gasteiger partial charge in [0.1, 0.15) is 0 Å². The summed E-state index contributed by atoms with van der Waals surface area (Å²) in [5.74, 6) is 2.61. The van der Waals surface area contributed by atoms with Gasteiger partial charge in [-0.1, -0.05) is 12.2 Å². The number of non-ortho nitro benzene ring substituents is 1. The number of hydrogen-bond acceptors (Lipinski definition) is 3. The monoisotopic (exact) mass is 314 g/mol. The summed E-state index contributed by atoms with van der Waals surface area (Å²) >= 11 is 0. The van der Waals surface area contributed by atoms with Crippen LogP contribution in [0.1, 0.15) is 12.8 Å². The lowest BCUT2D eigenvalue weighted by Gasteiger charge is -2.35. The smallest absolute Gasteiger partial charge is 0.269 e. The Morgan fingerprint density at radius 1 is 1.13 bits per heavy atom. The molecule has 5 heteroatoms. The maximum Gasteiger partial charge on any atom is 0.269 e. The highest BCUT2D eigenvalue weighted by atomic mass is 16.6. The number of nitrogens with zero attached hydrogens (tertiary/aromatic N) is 2. The minimum Gasteiger partial charge on any atom is -0.360 e. The van der Waals surface area contributed by atoms with Gasteiger partial charge >= 0.3 is 0 Å². The Morgan fingerprint density at radius 2 is 1.87 bits per heavy atom. The molecule has 3 aliphatic rings. The third-order valence-electron chi connectivity index (χ3n) is 5.86. The fourth-order valence-corrected chi connectivity index (χ4v) is 4.57. The molecule has 3 atom stereocenters. The maximum atomic E-state index is 10.7. The quantitative estimate of drug-likeness (QED) is 0.521. The lowest BCUT2D eigenvalue weighted by molar-refractivity contribution is -0.904. The summed E-state index contributed by atoms with van der Waals surface area (Å²) in [6.45, 7) is 5.76. The summed E-state index contributed by atoms with van der Waals surface area (Å²) < 4.78 is 0. The van der Waals surface area contributed by atoms with E-state index in [0.717, 1.165) is 36.5 Å². The van der Waals surface area contributed by atoms with Crippen LogP contribution in [0.3, 0.4) is 0 Å². The second-order valence-corrected chi connectivity index (χ2v) is 7.25. The van der Waals surface area contributed by atoms with Crippen LogP contribution in [0.4, 0.5) is 11.4 Å². The van der Waals surface area contributed by atoms with Crippen LogP contribution in [0, 0.1) is 27.9 Å². The van der Waals surface area contributed by atoms with E-state index in [-0.39, 0.29) is 10.6 Å². The number of nitro groups is 1. The molecule has 1 heterocycles. The number of hydrogen-bond donors (Lipinski definition) is 1. The molecule has 0 amide bonds. The predicted molar refractivity (Wildman–Crippen MR) is 89.7 cm³/mol. The molecule has 2 bridgehead atoms. The summed E-state index contributed by atoms with van der Waals surface area (Å²) in [7, 11) is 0. The average Bonchev–Trinajstić information content (AvgIpc) is 3.18. The molecule has 1 aromatic rings. The summed E-state index contributed by atoms with van der Waals surface area (Å²) in [6.07, 6.45) is 7.66. The second-order valence-electron chi connectivity index (χ2n) is 7.25. The number of allylic oxidation sites excluding steroid dienone is 2. The van der Waals surface area contributed by atoms with E-state index < -0.39 is 0 Å². The number of nitro benzene ring substituents is 1. The summed E-state index contributed by atoms with van der Waals surface area (Å²) in [5.41, 5.74) is 1.28. The van der Waals surface area contributed by atoms with Crippen LogP contribution in [0.2, 0.25) is 0 Å². The molecule has 1 saturated carbocycles. The second kappa shape index (κ2) is 5.96. The van der Waals surface area contributed by atoms with Gasteiger partial charge in [-0.15, -0.1) is 0 Å². The largest absolute Gasteiger partial charge is 0.360 e. The first-order valence-corrected chi connectivity index (χ1v) is 8.70. The third kappa shape index (κ3) is 2.98. The molecule has 1 N–H and O–H groups in total. The van der Waals surface area contributed by atoms with Crippen LogP contribution in [0.15, 0.2) is 36.4 Å². The van der Waals surface area contributed by atoms with Crippen molar-refractivity contribution in [3.63, 3.8) is 0 Å². The molecule has 1 aliphatic heterocycles. The predicted octanol–water partition coefficient (Wildman–Crippen LogP) is 1.51. The first-order chi connectivity index (χ1) is 11.2. The van der Waals surface area contributed by atoms with Crippen LogP contribution in [-0.2, 0) is 0 Å². The molecular weight excluding hydrogens is 290 g/mol. The van der Waals surface area contributed by atoms with Crippen molar-refractivity contribution in [2.75, 3.05) is 37.6 Å². The minimum atomic E-state index is -0.338. The number of anilines is 1. The van der Waals surface area contributed by atoms with Crippen LogP contribution >= 0.6 is 0 Å². The Balaban J connectivity index is 1.30. The highest BCUT2D eigenvalue weighted by Gasteiger charge is 2.38. The summed E-state index contributed by atoms with van der Waals surface area (Å²) in [6, 6.07) is 6.97. The molecule has 0 unspecified atom stereocenters. The van der Waals surface area contributed by atoms with E-state index in [1.165, 1.54) is 32.5 Å². The van der Waals surface area contributed by atoms with E-state index in [1.807, 2.05) is 12.1 Å². The number of piperazine rings is 1. The van der Waals surface area contributed by atoms with Gasteiger partial charge in [0.05, 0.1) is 37.6 Å². The standard InChI is InChI=1S/C18H23N3O2/c22-21(23)18-5-3-17(4-6-18)20-9-7-19(8-10-20)13-16-12-14-1-2-15(16)11-14/h1-6,14-16H,7-13H2/p+1/t14-,15-,16+/m0/s1. The fourth-order valence-electron chi connectivity index (χ4n) is 4.57. The summed E-state index contributed by atoms with van der Waals surface area (Å²) in [4.78, 5) is 14.5. The summed E-state index contributed by atoms with van der Waals surface area (Å²) in [5, 5.41) is 10.7. The van der Waals surface area contributed by atoms with Gasteiger partial charge in [-0.05, 0) is 36.8 Å². The first kappa shape index (κ1) is 14.7. The van der Waals surface area contributed by atoms with Crippen LogP contribution < -0.4 is 9.80 Å². The molecule has 23 heavy (non-hydrogen) atoms. The molecule has 1 saturated heterocycles. The van der Waals surface area contributed by atoms with Crippen LogP contribution in [0.25, 0.3) is 0 Å². The molecule has 0 aromatic heterocycles. The molecule has 2 fully saturated rings. The molecule has 2 aliphatic carbocycles. The van der Waals surface area contributed by atoms with Gasteiger partial charge in [0.15, 0.2) is 0 Å². The Hall–Kier alpha value is -1.88. The Labute approximate surface area is 136 Å². The highest BCUT2D eigenvalue weighted by Crippen LogP contribution is 2.42. The third-order valence-corrected chi connectivity index (χ3v) is 5.86. The van der Waals surface area contributed by atoms with E-state index in [2.05, 4.69) is 17.1 Å². The molecular formula is C18H24N3O2+. The Bertz CT molecular complexity index is 605. The van der Waals surface area contributed by atoms with Crippen molar-refractivity contribution in [1.82, 2.24) is 0 Å². The Kier molecular flexibility index (Phi) is 3.81. The average molecular weight is 314 g/mol. The minimum absolute atomic E-state index is 0.169. The number of nitrogens with one attached hydrogen (secondary N) is 1. The lowest BCUT2D eigenvalue weighted by Crippen LogP contribution is -3.15. The van der Waals surface area contributed by atoms with Crippen molar-refractivity contribution < 1.29 is 9.82 Å². The van der Waals surface area contributed by atoms with E-state index in [4.69, 9.17) is 0 Å². The van der Waals surface area contributed by atoms with Crippen molar-refractivity contribution in [1.29, 1.82) is 0 Å². The van der Waals surface area contributed by atoms with E-state index >= 15 is 0 Å². The first-order valence-electron chi connectivity index (χ1n) is 8.70. The molecule has 0 spiro atoms. The molecule has 0 radical (unpaired) electrons. The normalized spacial score (nSPS) is 30.1. The zero-order valence-corrected chi connectivity index (χ0v) is 13.4. The molecule has 4 rings (SSSR count). The SMILES string of the molecule is O=[N+]([O-])c1ccc(N2CC[NH+](C[C@H]3C[C@H]4C=C[C@H]3C4)CC2)cc1. The molecule has 122 valence electrons. The van der Waals surface area contributed by atoms with Crippen molar-refractivity contribution >= 4 is 11.4 Å². The van der Waals surface area contributed by atoms with Crippen molar-refractivity contribution in [2.24, 2.45) is 17.8 Å². The fraction of sp³-hybridized carbons (Fsp3) is 0.556. The lowest BCUT2D eigenvalue weighted by atomic mass is 9.93. The van der Waals surface area contributed by atoms with Gasteiger partial charge in [-0.2, -0.15) is 0 Å². The number of rotatable bonds is 4. The maximum absolute atomic E-state index is 10.7. The van der Waals surface area contributed by atoms with Gasteiger partial charge in [-0.3, -0.25) is 10.1 Å². The van der Waals surface area contributed by atoms with E-state index in [9.17, 15) is 10.1 Å². The molecule has 5 nitrogen and oxygen atoms in total. The van der Waals surface area contributed by atoms with Gasteiger partial charge in [-0.25, -0.2) is 0 Å². The van der Waals surface area contributed by atoms with Crippen molar-refractivity contribution in [3.05, 3.63) is 46.5 Å². The zero-order chi connectivity index (χ0) is 15.8. The number of benzene rings is 1. The topological polar surface area (TPSA) is 50.8 Å². The Morgan fingerprint density at radius 3 is 2.43 bits per heavy atom. The van der Waals surface area contributed by atoms with Crippen LogP contribution in [0.5, 0.6) is 0 Å². The van der Waals surface area contributed by atoms with Gasteiger partial charge in [0.2, 0.25) is 0 Å². The van der Waals surface area contributed by atoms with Crippen molar-refractivity contribution in [2.45, 2.75) is 12.8 Å². The van der Waals surface area contributed by atoms with Gasteiger partial charge in [0.25, 0.3) is 5.69 Å². The zero-order valence-electron chi connectivity index (χ0n) is 13.4. The van der Waals surface area contributed by atoms with Gasteiger partial charge < -0.3 is 9.80 Å². The molecule has 1 aromatic carbocycles. The van der Waals surface area contributed by atoms with Crippen LogP contribution in [-0.4, -0.2) is 37.6 Å². The van der Waals surface area contributed by atoms with Gasteiger partial charge in [0, 0.05) is 23.7 Å². The van der Waals surface area contributed by atoms with E-state index in [1.54, 1.807) is 17.0 Å². The van der Waals surface area contributed by atoms with E-state index in [0.29, 0.717) is 0 Å². The number of fused-ring (bicyclic) bond motifs is 2. The number of quaternary nitrogens is 1.